The van der Waals surface area contributed by atoms with E-state index in [9.17, 15) is 9.18 Å². The van der Waals surface area contributed by atoms with Gasteiger partial charge in [-0.05, 0) is 54.2 Å². The van der Waals surface area contributed by atoms with Crippen LogP contribution in [0.2, 0.25) is 5.02 Å². The molecule has 0 heterocycles. The summed E-state index contributed by atoms with van der Waals surface area (Å²) in [6.45, 7) is 0. The van der Waals surface area contributed by atoms with Gasteiger partial charge in [0.15, 0.2) is 16.7 Å². The molecule has 3 N–H and O–H groups in total. The topological polar surface area (TPSA) is 62.4 Å². The Morgan fingerprint density at radius 3 is 2.54 bits per heavy atom. The number of methoxy groups -OCH3 is 1. The molecule has 0 saturated carbocycles. The first-order valence-electron chi connectivity index (χ1n) is 6.92. The minimum absolute atomic E-state index is 0.00251. The zero-order valence-electron chi connectivity index (χ0n) is 12.7. The Morgan fingerprint density at radius 1 is 1.21 bits per heavy atom. The Morgan fingerprint density at radius 2 is 1.92 bits per heavy atom. The Balaban J connectivity index is 1.81. The molecule has 0 aromatic heterocycles. The fourth-order valence-corrected chi connectivity index (χ4v) is 2.17. The zero-order valence-corrected chi connectivity index (χ0v) is 14.3. The number of amides is 1. The standard InChI is InChI=1S/C16H15ClFN3O2S/c1-23-14-7-2-10(8-13(14)18)9-15(22)20-21-16(24)19-12-5-3-11(17)4-6-12/h2-8H,9H2,1H3,(H,20,22)(H2,19,21,24). The van der Waals surface area contributed by atoms with Gasteiger partial charge >= 0.3 is 0 Å². The summed E-state index contributed by atoms with van der Waals surface area (Å²) in [6.07, 6.45) is -0.00251. The Bertz CT molecular complexity index is 741. The number of carbonyl (C=O) groups is 1. The highest BCUT2D eigenvalue weighted by atomic mass is 35.5. The molecule has 126 valence electrons. The van der Waals surface area contributed by atoms with Gasteiger partial charge in [0, 0.05) is 10.7 Å². The summed E-state index contributed by atoms with van der Waals surface area (Å²) in [7, 11) is 1.38. The van der Waals surface area contributed by atoms with Crippen molar-refractivity contribution in [3.05, 3.63) is 58.9 Å². The molecular formula is C16H15ClFN3O2S. The number of thiocarbonyl (C=S) groups is 1. The van der Waals surface area contributed by atoms with Gasteiger partial charge in [0.05, 0.1) is 13.5 Å². The molecule has 2 aromatic rings. The molecule has 2 aromatic carbocycles. The van der Waals surface area contributed by atoms with Crippen molar-refractivity contribution in [3.8, 4) is 5.75 Å². The van der Waals surface area contributed by atoms with E-state index in [4.69, 9.17) is 28.6 Å². The first-order valence-corrected chi connectivity index (χ1v) is 7.70. The largest absolute Gasteiger partial charge is 0.494 e. The number of hydrazine groups is 1. The van der Waals surface area contributed by atoms with Gasteiger partial charge < -0.3 is 10.1 Å². The molecule has 0 saturated heterocycles. The summed E-state index contributed by atoms with van der Waals surface area (Å²) >= 11 is 10.8. The summed E-state index contributed by atoms with van der Waals surface area (Å²) < 4.78 is 18.4. The number of hydrogen-bond donors (Lipinski definition) is 3. The second kappa shape index (κ2) is 8.47. The fourth-order valence-electron chi connectivity index (χ4n) is 1.87. The van der Waals surface area contributed by atoms with E-state index in [1.807, 2.05) is 0 Å². The molecular weight excluding hydrogens is 353 g/mol. The average Bonchev–Trinajstić information content (AvgIpc) is 2.55. The predicted octanol–water partition coefficient (Wildman–Crippen LogP) is 3.05. The molecule has 0 aliphatic carbocycles. The second-order valence-corrected chi connectivity index (χ2v) is 5.62. The molecule has 1 amide bonds. The molecule has 0 aliphatic rings. The zero-order chi connectivity index (χ0) is 17.5. The van der Waals surface area contributed by atoms with Crippen LogP contribution in [0, 0.1) is 5.82 Å². The highest BCUT2D eigenvalue weighted by molar-refractivity contribution is 7.80. The van der Waals surface area contributed by atoms with E-state index >= 15 is 0 Å². The highest BCUT2D eigenvalue weighted by Crippen LogP contribution is 2.17. The minimum Gasteiger partial charge on any atom is -0.494 e. The summed E-state index contributed by atoms with van der Waals surface area (Å²) in [5.74, 6) is -0.749. The quantitative estimate of drug-likeness (QED) is 0.572. The molecule has 0 unspecified atom stereocenters. The Kier molecular flexibility index (Phi) is 6.34. The van der Waals surface area contributed by atoms with Crippen LogP contribution in [-0.2, 0) is 11.2 Å². The summed E-state index contributed by atoms with van der Waals surface area (Å²) in [5.41, 5.74) is 6.25. The number of rotatable bonds is 4. The molecule has 0 bridgehead atoms. The number of anilines is 1. The normalized spacial score (nSPS) is 9.96. The van der Waals surface area contributed by atoms with E-state index in [-0.39, 0.29) is 23.2 Å². The van der Waals surface area contributed by atoms with Gasteiger partial charge in [-0.25, -0.2) is 4.39 Å². The molecule has 0 radical (unpaired) electrons. The lowest BCUT2D eigenvalue weighted by molar-refractivity contribution is -0.120. The lowest BCUT2D eigenvalue weighted by Crippen LogP contribution is -2.44. The smallest absolute Gasteiger partial charge is 0.242 e. The number of halogens is 2. The van der Waals surface area contributed by atoms with E-state index in [1.165, 1.54) is 19.2 Å². The molecule has 0 fully saturated rings. The van der Waals surface area contributed by atoms with Crippen LogP contribution >= 0.6 is 23.8 Å². The van der Waals surface area contributed by atoms with Gasteiger partial charge in [0.2, 0.25) is 5.91 Å². The summed E-state index contributed by atoms with van der Waals surface area (Å²) in [5, 5.41) is 3.71. The molecule has 0 spiro atoms. The first-order chi connectivity index (χ1) is 11.5. The van der Waals surface area contributed by atoms with Gasteiger partial charge in [-0.3, -0.25) is 15.6 Å². The lowest BCUT2D eigenvalue weighted by Gasteiger charge is -2.12. The third kappa shape index (κ3) is 5.36. The minimum atomic E-state index is -0.518. The van der Waals surface area contributed by atoms with Crippen molar-refractivity contribution in [1.29, 1.82) is 0 Å². The van der Waals surface area contributed by atoms with Crippen LogP contribution in [0.25, 0.3) is 0 Å². The highest BCUT2D eigenvalue weighted by Gasteiger charge is 2.08. The van der Waals surface area contributed by atoms with Crippen molar-refractivity contribution < 1.29 is 13.9 Å². The van der Waals surface area contributed by atoms with Gasteiger partial charge in [0.1, 0.15) is 0 Å². The maximum atomic E-state index is 13.6. The number of ether oxygens (including phenoxy) is 1. The van der Waals surface area contributed by atoms with Crippen LogP contribution in [0.5, 0.6) is 5.75 Å². The van der Waals surface area contributed by atoms with Crippen molar-refractivity contribution in [2.45, 2.75) is 6.42 Å². The molecule has 5 nitrogen and oxygen atoms in total. The van der Waals surface area contributed by atoms with Crippen molar-refractivity contribution in [2.75, 3.05) is 12.4 Å². The maximum absolute atomic E-state index is 13.6. The van der Waals surface area contributed by atoms with Crippen LogP contribution in [0.3, 0.4) is 0 Å². The van der Waals surface area contributed by atoms with E-state index in [0.29, 0.717) is 10.6 Å². The van der Waals surface area contributed by atoms with Crippen LogP contribution in [0.1, 0.15) is 5.56 Å². The maximum Gasteiger partial charge on any atom is 0.242 e. The van der Waals surface area contributed by atoms with Crippen LogP contribution in [-0.4, -0.2) is 18.1 Å². The van der Waals surface area contributed by atoms with E-state index < -0.39 is 5.82 Å². The first kappa shape index (κ1) is 18.0. The molecule has 2 rings (SSSR count). The molecule has 0 atom stereocenters. The van der Waals surface area contributed by atoms with Gasteiger partial charge in [-0.15, -0.1) is 0 Å². The van der Waals surface area contributed by atoms with Gasteiger partial charge in [0.25, 0.3) is 0 Å². The summed E-state index contributed by atoms with van der Waals surface area (Å²) in [6, 6.07) is 11.3. The van der Waals surface area contributed by atoms with Crippen LogP contribution in [0.4, 0.5) is 10.1 Å². The number of hydrogen-bond acceptors (Lipinski definition) is 3. The molecule has 0 aliphatic heterocycles. The predicted molar refractivity (Wildman–Crippen MR) is 95.6 cm³/mol. The van der Waals surface area contributed by atoms with E-state index in [1.54, 1.807) is 30.3 Å². The number of carbonyl (C=O) groups excluding carboxylic acids is 1. The Labute approximate surface area is 149 Å². The second-order valence-electron chi connectivity index (χ2n) is 4.78. The average molecular weight is 368 g/mol. The third-order valence-corrected chi connectivity index (χ3v) is 3.45. The van der Waals surface area contributed by atoms with Crippen molar-refractivity contribution >= 4 is 40.5 Å². The SMILES string of the molecule is COc1ccc(CC(=O)NNC(=S)Nc2ccc(Cl)cc2)cc1F. The molecule has 24 heavy (non-hydrogen) atoms. The molecule has 8 heteroatoms. The van der Waals surface area contributed by atoms with Crippen molar-refractivity contribution in [3.63, 3.8) is 0 Å². The number of nitrogens with one attached hydrogen (secondary N) is 3. The van der Waals surface area contributed by atoms with Crippen LogP contribution < -0.4 is 20.9 Å². The summed E-state index contributed by atoms with van der Waals surface area (Å²) in [4.78, 5) is 11.8. The van der Waals surface area contributed by atoms with Crippen molar-refractivity contribution in [1.82, 2.24) is 10.9 Å². The van der Waals surface area contributed by atoms with E-state index in [0.717, 1.165) is 5.69 Å². The number of benzene rings is 2. The van der Waals surface area contributed by atoms with Gasteiger partial charge in [-0.2, -0.15) is 0 Å². The monoisotopic (exact) mass is 367 g/mol. The Hall–Kier alpha value is -2.38. The lowest BCUT2D eigenvalue weighted by atomic mass is 10.1. The van der Waals surface area contributed by atoms with Gasteiger partial charge in [-0.1, -0.05) is 17.7 Å². The fraction of sp³-hybridized carbons (Fsp3) is 0.125. The van der Waals surface area contributed by atoms with E-state index in [2.05, 4.69) is 16.2 Å². The third-order valence-electron chi connectivity index (χ3n) is 3.00. The van der Waals surface area contributed by atoms with Crippen molar-refractivity contribution in [2.24, 2.45) is 0 Å². The van der Waals surface area contributed by atoms with Crippen LogP contribution in [0.15, 0.2) is 42.5 Å².